The van der Waals surface area contributed by atoms with Crippen LogP contribution in [0.5, 0.6) is 0 Å². The molecule has 0 bridgehead atoms. The first-order valence-electron chi connectivity index (χ1n) is 6.16. The molecular formula is C12H16F2N2O2S. The summed E-state index contributed by atoms with van der Waals surface area (Å²) in [6.45, 7) is 1.20. The summed E-state index contributed by atoms with van der Waals surface area (Å²) < 4.78 is 52.0. The molecule has 7 heteroatoms. The highest BCUT2D eigenvalue weighted by atomic mass is 32.2. The molecule has 106 valence electrons. The van der Waals surface area contributed by atoms with Gasteiger partial charge in [0.1, 0.15) is 11.6 Å². The normalized spacial score (nSPS) is 19.8. The minimum atomic E-state index is -3.85. The predicted octanol–water partition coefficient (Wildman–Crippen LogP) is 1.39. The molecule has 0 amide bonds. The molecule has 0 spiro atoms. The van der Waals surface area contributed by atoms with Crippen molar-refractivity contribution in [1.82, 2.24) is 10.0 Å². The number of sulfonamides is 1. The summed E-state index contributed by atoms with van der Waals surface area (Å²) in [5.74, 6) is -1.81. The Hall–Kier alpha value is -1.05. The Morgan fingerprint density at radius 1 is 1.26 bits per heavy atom. The number of benzene rings is 1. The van der Waals surface area contributed by atoms with Gasteiger partial charge >= 0.3 is 0 Å². The summed E-state index contributed by atoms with van der Waals surface area (Å²) in [5.41, 5.74) is 0. The van der Waals surface area contributed by atoms with Crippen LogP contribution in [-0.4, -0.2) is 27.5 Å². The molecule has 1 heterocycles. The molecule has 1 aromatic carbocycles. The van der Waals surface area contributed by atoms with Gasteiger partial charge in [0, 0.05) is 18.7 Å². The molecule has 19 heavy (non-hydrogen) atoms. The van der Waals surface area contributed by atoms with Crippen molar-refractivity contribution in [1.29, 1.82) is 0 Å². The predicted molar refractivity (Wildman–Crippen MR) is 67.2 cm³/mol. The fourth-order valence-electron chi connectivity index (χ4n) is 2.14. The highest BCUT2D eigenvalue weighted by molar-refractivity contribution is 7.89. The summed E-state index contributed by atoms with van der Waals surface area (Å²) in [6.07, 6.45) is 2.78. The van der Waals surface area contributed by atoms with E-state index in [2.05, 4.69) is 10.0 Å². The molecule has 2 N–H and O–H groups in total. The van der Waals surface area contributed by atoms with E-state index in [4.69, 9.17) is 0 Å². The molecule has 1 saturated heterocycles. The van der Waals surface area contributed by atoms with Gasteiger partial charge < -0.3 is 5.32 Å². The maximum absolute atomic E-state index is 13.0. The maximum Gasteiger partial charge on any atom is 0.240 e. The molecule has 1 atom stereocenters. The third-order valence-electron chi connectivity index (χ3n) is 3.09. The fourth-order valence-corrected chi connectivity index (χ4v) is 3.23. The van der Waals surface area contributed by atoms with Crippen LogP contribution in [0.1, 0.15) is 19.3 Å². The van der Waals surface area contributed by atoms with Gasteiger partial charge in [-0.1, -0.05) is 0 Å². The van der Waals surface area contributed by atoms with E-state index in [1.807, 2.05) is 0 Å². The summed E-state index contributed by atoms with van der Waals surface area (Å²) >= 11 is 0. The molecular weight excluding hydrogens is 274 g/mol. The molecule has 1 aliphatic heterocycles. The van der Waals surface area contributed by atoms with Crippen LogP contribution in [0.4, 0.5) is 8.78 Å². The van der Waals surface area contributed by atoms with Crippen molar-refractivity contribution in [3.63, 3.8) is 0 Å². The van der Waals surface area contributed by atoms with Gasteiger partial charge in [0.2, 0.25) is 10.0 Å². The van der Waals surface area contributed by atoms with E-state index in [1.54, 1.807) is 0 Å². The molecule has 4 nitrogen and oxygen atoms in total. The van der Waals surface area contributed by atoms with Gasteiger partial charge in [-0.15, -0.1) is 0 Å². The zero-order valence-electron chi connectivity index (χ0n) is 10.3. The minimum Gasteiger partial charge on any atom is -0.314 e. The second-order valence-corrected chi connectivity index (χ2v) is 6.35. The van der Waals surface area contributed by atoms with E-state index >= 15 is 0 Å². The Morgan fingerprint density at radius 3 is 2.53 bits per heavy atom. The summed E-state index contributed by atoms with van der Waals surface area (Å²) in [6, 6.07) is 2.56. The van der Waals surface area contributed by atoms with E-state index < -0.39 is 21.7 Å². The van der Waals surface area contributed by atoms with Crippen LogP contribution < -0.4 is 10.0 Å². The first-order chi connectivity index (χ1) is 8.97. The Labute approximate surface area is 111 Å². The molecule has 0 saturated carbocycles. The maximum atomic E-state index is 13.0. The molecule has 0 radical (unpaired) electrons. The van der Waals surface area contributed by atoms with Gasteiger partial charge in [-0.25, -0.2) is 21.9 Å². The number of halogens is 2. The SMILES string of the molecule is O=S(=O)(NCC[C@@H]1CCCN1)c1cc(F)cc(F)c1. The van der Waals surface area contributed by atoms with E-state index in [0.717, 1.165) is 31.5 Å². The van der Waals surface area contributed by atoms with Crippen molar-refractivity contribution < 1.29 is 17.2 Å². The Kier molecular flexibility index (Phi) is 4.49. The molecule has 1 fully saturated rings. The standard InChI is InChI=1S/C12H16F2N2O2S/c13-9-6-10(14)8-12(7-9)19(17,18)16-5-3-11-2-1-4-15-11/h6-8,11,15-16H,1-5H2/t11-/m0/s1. The van der Waals surface area contributed by atoms with Gasteiger partial charge in [-0.05, 0) is 37.9 Å². The van der Waals surface area contributed by atoms with Crippen molar-refractivity contribution in [2.75, 3.05) is 13.1 Å². The van der Waals surface area contributed by atoms with Crippen LogP contribution in [0, 0.1) is 11.6 Å². The second kappa shape index (κ2) is 5.94. The molecule has 1 aliphatic rings. The fraction of sp³-hybridized carbons (Fsp3) is 0.500. The van der Waals surface area contributed by atoms with E-state index in [9.17, 15) is 17.2 Å². The minimum absolute atomic E-state index is 0.248. The lowest BCUT2D eigenvalue weighted by Crippen LogP contribution is -2.30. The Bertz CT molecular complexity index is 522. The van der Waals surface area contributed by atoms with Crippen molar-refractivity contribution in [2.24, 2.45) is 0 Å². The smallest absolute Gasteiger partial charge is 0.240 e. The van der Waals surface area contributed by atoms with E-state index in [0.29, 0.717) is 18.5 Å². The topological polar surface area (TPSA) is 58.2 Å². The Balaban J connectivity index is 1.97. The number of nitrogens with one attached hydrogen (secondary N) is 2. The molecule has 0 unspecified atom stereocenters. The van der Waals surface area contributed by atoms with Gasteiger partial charge in [-0.3, -0.25) is 0 Å². The Morgan fingerprint density at radius 2 is 1.95 bits per heavy atom. The first-order valence-corrected chi connectivity index (χ1v) is 7.65. The van der Waals surface area contributed by atoms with Gasteiger partial charge in [0.05, 0.1) is 4.90 Å². The molecule has 0 aromatic heterocycles. The van der Waals surface area contributed by atoms with E-state index in [-0.39, 0.29) is 11.4 Å². The largest absolute Gasteiger partial charge is 0.314 e. The quantitative estimate of drug-likeness (QED) is 0.861. The summed E-state index contributed by atoms with van der Waals surface area (Å²) in [4.78, 5) is -0.385. The van der Waals surface area contributed by atoms with Crippen LogP contribution in [0.15, 0.2) is 23.1 Å². The van der Waals surface area contributed by atoms with Crippen LogP contribution in [0.2, 0.25) is 0 Å². The number of hydrogen-bond donors (Lipinski definition) is 2. The van der Waals surface area contributed by atoms with Crippen molar-refractivity contribution >= 4 is 10.0 Å². The lowest BCUT2D eigenvalue weighted by molar-refractivity contribution is 0.536. The van der Waals surface area contributed by atoms with Crippen molar-refractivity contribution in [2.45, 2.75) is 30.2 Å². The third-order valence-corrected chi connectivity index (χ3v) is 4.53. The number of rotatable bonds is 5. The van der Waals surface area contributed by atoms with Crippen molar-refractivity contribution in [3.05, 3.63) is 29.8 Å². The molecule has 2 rings (SSSR count). The average molecular weight is 290 g/mol. The first kappa shape index (κ1) is 14.4. The van der Waals surface area contributed by atoms with Crippen LogP contribution in [0.3, 0.4) is 0 Å². The highest BCUT2D eigenvalue weighted by Gasteiger charge is 2.18. The summed E-state index contributed by atoms with van der Waals surface area (Å²) in [5, 5.41) is 3.25. The summed E-state index contributed by atoms with van der Waals surface area (Å²) in [7, 11) is -3.85. The lowest BCUT2D eigenvalue weighted by atomic mass is 10.2. The zero-order valence-corrected chi connectivity index (χ0v) is 11.1. The third kappa shape index (κ3) is 3.95. The lowest BCUT2D eigenvalue weighted by Gasteiger charge is -2.11. The number of hydrogen-bond acceptors (Lipinski definition) is 3. The van der Waals surface area contributed by atoms with Gasteiger partial charge in [0.25, 0.3) is 0 Å². The van der Waals surface area contributed by atoms with Gasteiger partial charge in [0.15, 0.2) is 0 Å². The van der Waals surface area contributed by atoms with Crippen LogP contribution in [-0.2, 0) is 10.0 Å². The van der Waals surface area contributed by atoms with Gasteiger partial charge in [-0.2, -0.15) is 0 Å². The second-order valence-electron chi connectivity index (χ2n) is 4.58. The average Bonchev–Trinajstić information content (AvgIpc) is 2.80. The molecule has 0 aliphatic carbocycles. The van der Waals surface area contributed by atoms with Crippen molar-refractivity contribution in [3.8, 4) is 0 Å². The van der Waals surface area contributed by atoms with Crippen LogP contribution in [0.25, 0.3) is 0 Å². The molecule has 1 aromatic rings. The zero-order chi connectivity index (χ0) is 13.9. The monoisotopic (exact) mass is 290 g/mol. The highest BCUT2D eigenvalue weighted by Crippen LogP contribution is 2.14. The van der Waals surface area contributed by atoms with Crippen LogP contribution >= 0.6 is 0 Å². The van der Waals surface area contributed by atoms with E-state index in [1.165, 1.54) is 0 Å².